The third-order valence-electron chi connectivity index (χ3n) is 4.40. The number of nitrogens with zero attached hydrogens (tertiary/aromatic N) is 4. The van der Waals surface area contributed by atoms with Crippen LogP contribution < -0.4 is 5.32 Å². The molecule has 0 unspecified atom stereocenters. The van der Waals surface area contributed by atoms with Crippen molar-refractivity contribution in [2.24, 2.45) is 5.92 Å². The molecule has 118 valence electrons. The van der Waals surface area contributed by atoms with E-state index in [1.165, 1.54) is 17.4 Å². The molecule has 5 nitrogen and oxygen atoms in total. The molecule has 8 heteroatoms. The number of nitrogens with one attached hydrogen (secondary N) is 1. The molecule has 0 atom stereocenters. The summed E-state index contributed by atoms with van der Waals surface area (Å²) in [6, 6.07) is 0. The summed E-state index contributed by atoms with van der Waals surface area (Å²) in [5.41, 5.74) is 0. The lowest BCUT2D eigenvalue weighted by atomic mass is 9.94. The summed E-state index contributed by atoms with van der Waals surface area (Å²) in [4.78, 5) is 2.19. The van der Waals surface area contributed by atoms with Gasteiger partial charge in [-0.15, -0.1) is 10.2 Å². The van der Waals surface area contributed by atoms with Crippen LogP contribution in [0.5, 0.6) is 0 Å². The first-order chi connectivity index (χ1) is 10.0. The third-order valence-corrected chi connectivity index (χ3v) is 4.40. The highest BCUT2D eigenvalue weighted by atomic mass is 19.4. The van der Waals surface area contributed by atoms with Gasteiger partial charge in [-0.05, 0) is 44.8 Å². The van der Waals surface area contributed by atoms with Gasteiger partial charge < -0.3 is 9.88 Å². The maximum Gasteiger partial charge on any atom is 0.451 e. The Hall–Kier alpha value is -1.15. The van der Waals surface area contributed by atoms with E-state index in [4.69, 9.17) is 0 Å². The molecule has 3 heterocycles. The number of alkyl halides is 3. The standard InChI is InChI=1S/C13H20F3N5/c14-13(15,16)12-19-18-11-9-20(7-8-21(11)12)6-3-10-1-4-17-5-2-10/h10,17H,1-9H2. The van der Waals surface area contributed by atoms with Crippen LogP contribution in [0.1, 0.15) is 30.9 Å². The van der Waals surface area contributed by atoms with Gasteiger partial charge in [-0.3, -0.25) is 4.90 Å². The van der Waals surface area contributed by atoms with Crippen LogP contribution in [-0.4, -0.2) is 45.8 Å². The zero-order valence-electron chi connectivity index (χ0n) is 11.9. The monoisotopic (exact) mass is 303 g/mol. The smallest absolute Gasteiger partial charge is 0.317 e. The maximum absolute atomic E-state index is 12.8. The van der Waals surface area contributed by atoms with Gasteiger partial charge in [-0.1, -0.05) is 0 Å². The van der Waals surface area contributed by atoms with E-state index in [9.17, 15) is 13.2 Å². The van der Waals surface area contributed by atoms with Gasteiger partial charge in [0.2, 0.25) is 5.82 Å². The van der Waals surface area contributed by atoms with E-state index in [1.54, 1.807) is 0 Å². The van der Waals surface area contributed by atoms with Crippen molar-refractivity contribution >= 4 is 0 Å². The summed E-state index contributed by atoms with van der Waals surface area (Å²) in [5, 5.41) is 10.4. The van der Waals surface area contributed by atoms with Crippen molar-refractivity contribution in [3.8, 4) is 0 Å². The zero-order chi connectivity index (χ0) is 14.9. The van der Waals surface area contributed by atoms with Gasteiger partial charge in [0, 0.05) is 13.1 Å². The van der Waals surface area contributed by atoms with Gasteiger partial charge in [-0.2, -0.15) is 13.2 Å². The van der Waals surface area contributed by atoms with E-state index in [0.717, 1.165) is 32.0 Å². The van der Waals surface area contributed by atoms with Crippen LogP contribution in [0.15, 0.2) is 0 Å². The molecule has 0 spiro atoms. The second-order valence-electron chi connectivity index (χ2n) is 5.85. The summed E-state index contributed by atoms with van der Waals surface area (Å²) in [5.74, 6) is 0.297. The normalized spacial score (nSPS) is 21.5. The second-order valence-corrected chi connectivity index (χ2v) is 5.85. The molecule has 0 saturated carbocycles. The lowest BCUT2D eigenvalue weighted by molar-refractivity contribution is -0.148. The number of fused-ring (bicyclic) bond motifs is 1. The minimum atomic E-state index is -4.41. The van der Waals surface area contributed by atoms with E-state index in [0.29, 0.717) is 25.5 Å². The maximum atomic E-state index is 12.8. The number of hydrogen-bond donors (Lipinski definition) is 1. The largest absolute Gasteiger partial charge is 0.451 e. The molecule has 1 aromatic rings. The molecular formula is C13H20F3N5. The van der Waals surface area contributed by atoms with Crippen molar-refractivity contribution < 1.29 is 13.2 Å². The van der Waals surface area contributed by atoms with Gasteiger partial charge in [-0.25, -0.2) is 0 Å². The van der Waals surface area contributed by atoms with E-state index in [1.807, 2.05) is 0 Å². The Bertz CT molecular complexity index is 479. The van der Waals surface area contributed by atoms with Crippen LogP contribution in [0, 0.1) is 5.92 Å². The first-order valence-corrected chi connectivity index (χ1v) is 7.46. The Balaban J connectivity index is 1.56. The molecule has 1 fully saturated rings. The number of halogens is 3. The Morgan fingerprint density at radius 1 is 1.14 bits per heavy atom. The number of rotatable bonds is 3. The predicted octanol–water partition coefficient (Wildman–Crippen LogP) is 1.50. The molecular weight excluding hydrogens is 283 g/mol. The first-order valence-electron chi connectivity index (χ1n) is 7.46. The third kappa shape index (κ3) is 3.37. The highest BCUT2D eigenvalue weighted by Crippen LogP contribution is 2.29. The van der Waals surface area contributed by atoms with Gasteiger partial charge in [0.25, 0.3) is 0 Å². The Morgan fingerprint density at radius 3 is 2.62 bits per heavy atom. The second kappa shape index (κ2) is 5.92. The molecule has 1 aromatic heterocycles. The highest BCUT2D eigenvalue weighted by Gasteiger charge is 2.39. The number of piperidine rings is 1. The van der Waals surface area contributed by atoms with Gasteiger partial charge in [0.15, 0.2) is 0 Å². The molecule has 1 N–H and O–H groups in total. The van der Waals surface area contributed by atoms with Crippen molar-refractivity contribution in [2.45, 2.75) is 38.5 Å². The minimum Gasteiger partial charge on any atom is -0.317 e. The minimum absolute atomic E-state index is 0.323. The molecule has 0 aromatic carbocycles. The average Bonchev–Trinajstić information content (AvgIpc) is 2.89. The molecule has 3 rings (SSSR count). The quantitative estimate of drug-likeness (QED) is 0.919. The fraction of sp³-hybridized carbons (Fsp3) is 0.846. The van der Waals surface area contributed by atoms with Crippen molar-refractivity contribution in [1.29, 1.82) is 0 Å². The predicted molar refractivity (Wildman–Crippen MR) is 70.5 cm³/mol. The first kappa shape index (κ1) is 14.8. The van der Waals surface area contributed by atoms with Crippen LogP contribution in [0.2, 0.25) is 0 Å². The molecule has 2 aliphatic rings. The Kier molecular flexibility index (Phi) is 4.17. The number of hydrogen-bond acceptors (Lipinski definition) is 4. The van der Waals surface area contributed by atoms with Gasteiger partial charge >= 0.3 is 6.18 Å². The molecule has 2 aliphatic heterocycles. The van der Waals surface area contributed by atoms with Gasteiger partial charge in [0.1, 0.15) is 5.82 Å². The summed E-state index contributed by atoms with van der Waals surface area (Å²) < 4.78 is 39.5. The van der Waals surface area contributed by atoms with Crippen LogP contribution in [-0.2, 0) is 19.3 Å². The van der Waals surface area contributed by atoms with Crippen molar-refractivity contribution in [3.63, 3.8) is 0 Å². The van der Waals surface area contributed by atoms with Crippen LogP contribution >= 0.6 is 0 Å². The molecule has 0 amide bonds. The topological polar surface area (TPSA) is 46.0 Å². The lowest BCUT2D eigenvalue weighted by Gasteiger charge is -2.30. The Morgan fingerprint density at radius 2 is 1.90 bits per heavy atom. The molecule has 0 bridgehead atoms. The SMILES string of the molecule is FC(F)(F)c1nnc2n1CCN(CCC1CCNCC1)C2. The lowest BCUT2D eigenvalue weighted by Crippen LogP contribution is -2.37. The number of aromatic nitrogens is 3. The highest BCUT2D eigenvalue weighted by molar-refractivity contribution is 5.02. The summed E-state index contributed by atoms with van der Waals surface area (Å²) in [7, 11) is 0. The fourth-order valence-corrected chi connectivity index (χ4v) is 3.14. The average molecular weight is 303 g/mol. The van der Waals surface area contributed by atoms with E-state index in [2.05, 4.69) is 20.4 Å². The molecule has 21 heavy (non-hydrogen) atoms. The van der Waals surface area contributed by atoms with Crippen molar-refractivity contribution in [2.75, 3.05) is 26.2 Å². The summed E-state index contributed by atoms with van der Waals surface area (Å²) >= 11 is 0. The molecule has 0 aliphatic carbocycles. The Labute approximate surface area is 121 Å². The summed E-state index contributed by atoms with van der Waals surface area (Å²) in [6.07, 6.45) is -0.908. The van der Waals surface area contributed by atoms with Crippen LogP contribution in [0.4, 0.5) is 13.2 Å². The van der Waals surface area contributed by atoms with Crippen molar-refractivity contribution in [1.82, 2.24) is 25.0 Å². The zero-order valence-corrected chi connectivity index (χ0v) is 11.9. The molecule has 0 radical (unpaired) electrons. The fourth-order valence-electron chi connectivity index (χ4n) is 3.14. The van der Waals surface area contributed by atoms with E-state index < -0.39 is 12.0 Å². The van der Waals surface area contributed by atoms with Crippen LogP contribution in [0.3, 0.4) is 0 Å². The van der Waals surface area contributed by atoms with Crippen LogP contribution in [0.25, 0.3) is 0 Å². The molecule has 1 saturated heterocycles. The van der Waals surface area contributed by atoms with E-state index in [-0.39, 0.29) is 0 Å². The van der Waals surface area contributed by atoms with Crippen molar-refractivity contribution in [3.05, 3.63) is 11.6 Å². The van der Waals surface area contributed by atoms with E-state index >= 15 is 0 Å². The summed E-state index contributed by atoms with van der Waals surface area (Å²) in [6.45, 7) is 4.51. The van der Waals surface area contributed by atoms with Gasteiger partial charge in [0.05, 0.1) is 6.54 Å².